The van der Waals surface area contributed by atoms with Crippen LogP contribution in [0.25, 0.3) is 10.9 Å². The summed E-state index contributed by atoms with van der Waals surface area (Å²) in [5, 5.41) is 4.96. The van der Waals surface area contributed by atoms with Crippen LogP contribution in [-0.4, -0.2) is 23.7 Å². The van der Waals surface area contributed by atoms with E-state index in [4.69, 9.17) is 0 Å². The summed E-state index contributed by atoms with van der Waals surface area (Å²) >= 11 is 0. The van der Waals surface area contributed by atoms with Gasteiger partial charge in [-0.2, -0.15) is 5.10 Å². The van der Waals surface area contributed by atoms with E-state index in [9.17, 15) is 4.79 Å². The molecule has 1 heterocycles. The number of hydrazone groups is 1. The van der Waals surface area contributed by atoms with Gasteiger partial charge in [0.15, 0.2) is 0 Å². The fourth-order valence-electron chi connectivity index (χ4n) is 1.62. The molecule has 0 spiro atoms. The summed E-state index contributed by atoms with van der Waals surface area (Å²) in [7, 11) is 0. The fourth-order valence-corrected chi connectivity index (χ4v) is 1.62. The molecule has 1 aromatic carbocycles. The molecule has 92 valence electrons. The molecule has 0 radical (unpaired) electrons. The predicted molar refractivity (Wildman–Crippen MR) is 69.9 cm³/mol. The second kappa shape index (κ2) is 5.88. The number of benzene rings is 1. The minimum atomic E-state index is -0.130. The van der Waals surface area contributed by atoms with Gasteiger partial charge in [0.05, 0.1) is 24.7 Å². The zero-order chi connectivity index (χ0) is 12.8. The lowest BCUT2D eigenvalue weighted by atomic mass is 10.1. The molecule has 1 amide bonds. The van der Waals surface area contributed by atoms with Crippen LogP contribution in [0.3, 0.4) is 0 Å². The molecule has 5 heteroatoms. The molecule has 0 fully saturated rings. The van der Waals surface area contributed by atoms with Crippen LogP contribution in [0.5, 0.6) is 0 Å². The number of nitrogens with one attached hydrogen (secondary N) is 1. The molecule has 0 aliphatic carbocycles. The van der Waals surface area contributed by atoms with E-state index in [0.29, 0.717) is 13.0 Å². The Morgan fingerprint density at radius 3 is 3.06 bits per heavy atom. The number of aromatic nitrogens is 1. The number of para-hydroxylation sites is 1. The molecule has 1 aromatic heterocycles. The molecule has 0 saturated heterocycles. The topological polar surface area (TPSA) is 82.0 Å². The van der Waals surface area contributed by atoms with Gasteiger partial charge in [-0.1, -0.05) is 24.3 Å². The van der Waals surface area contributed by atoms with Crippen molar-refractivity contribution in [1.29, 1.82) is 0 Å². The average Bonchev–Trinajstić information content (AvgIpc) is 2.39. The number of nitrogens with zero attached hydrogens (tertiary/aromatic N) is 2. The zero-order valence-electron chi connectivity index (χ0n) is 9.97. The molecule has 0 aliphatic heterocycles. The molecule has 0 atom stereocenters. The highest BCUT2D eigenvalue weighted by Gasteiger charge is 2.00. The van der Waals surface area contributed by atoms with Crippen LogP contribution in [0.1, 0.15) is 12.0 Å². The zero-order valence-corrected chi connectivity index (χ0v) is 9.97. The van der Waals surface area contributed by atoms with E-state index in [1.165, 1.54) is 0 Å². The number of hydrogen-bond donors (Lipinski definition) is 2. The van der Waals surface area contributed by atoms with Crippen molar-refractivity contribution in [3.63, 3.8) is 0 Å². The van der Waals surface area contributed by atoms with Crippen LogP contribution in [-0.2, 0) is 4.79 Å². The van der Waals surface area contributed by atoms with Crippen LogP contribution in [0.4, 0.5) is 0 Å². The lowest BCUT2D eigenvalue weighted by molar-refractivity contribution is -0.366. The Balaban J connectivity index is 2.16. The number of carbonyl (C=O) groups is 1. The van der Waals surface area contributed by atoms with Gasteiger partial charge in [-0.25, -0.2) is 5.43 Å². The summed E-state index contributed by atoms with van der Waals surface area (Å²) in [6.45, 7) is 0.567. The number of carbonyl (C=O) groups excluding carboxylic acids is 1. The van der Waals surface area contributed by atoms with Gasteiger partial charge >= 0.3 is 0 Å². The monoisotopic (exact) mass is 243 g/mol. The third-order valence-corrected chi connectivity index (χ3v) is 2.46. The number of fused-ring (bicyclic) bond motifs is 1. The molecule has 0 unspecified atom stereocenters. The minimum absolute atomic E-state index is 0.130. The van der Waals surface area contributed by atoms with E-state index in [1.54, 1.807) is 12.4 Å². The van der Waals surface area contributed by atoms with Gasteiger partial charge in [0.2, 0.25) is 5.91 Å². The minimum Gasteiger partial charge on any atom is -0.357 e. The largest absolute Gasteiger partial charge is 0.357 e. The number of quaternary nitrogens is 1. The average molecular weight is 243 g/mol. The highest BCUT2D eigenvalue weighted by molar-refractivity contribution is 5.97. The van der Waals surface area contributed by atoms with E-state index in [0.717, 1.165) is 16.5 Å². The maximum absolute atomic E-state index is 11.2. The maximum Gasteiger partial charge on any atom is 0.245 e. The molecule has 18 heavy (non-hydrogen) atoms. The summed E-state index contributed by atoms with van der Waals surface area (Å²) in [5.74, 6) is -0.130. The van der Waals surface area contributed by atoms with Crippen LogP contribution < -0.4 is 11.2 Å². The van der Waals surface area contributed by atoms with Crippen LogP contribution in [0.15, 0.2) is 41.6 Å². The van der Waals surface area contributed by atoms with Crippen molar-refractivity contribution in [2.75, 3.05) is 6.54 Å². The van der Waals surface area contributed by atoms with Crippen molar-refractivity contribution in [2.45, 2.75) is 6.42 Å². The first-order valence-electron chi connectivity index (χ1n) is 5.76. The first kappa shape index (κ1) is 12.2. The van der Waals surface area contributed by atoms with Gasteiger partial charge in [0.25, 0.3) is 0 Å². The number of rotatable bonds is 4. The second-order valence-electron chi connectivity index (χ2n) is 3.82. The summed E-state index contributed by atoms with van der Waals surface area (Å²) in [6, 6.07) is 9.71. The quantitative estimate of drug-likeness (QED) is 0.598. The summed E-state index contributed by atoms with van der Waals surface area (Å²) in [4.78, 5) is 15.5. The third-order valence-electron chi connectivity index (χ3n) is 2.46. The molecule has 5 nitrogen and oxygen atoms in total. The van der Waals surface area contributed by atoms with E-state index in [2.05, 4.69) is 21.2 Å². The lowest BCUT2D eigenvalue weighted by Crippen LogP contribution is -2.51. The number of hydrogen-bond acceptors (Lipinski definition) is 3. The maximum atomic E-state index is 11.2. The van der Waals surface area contributed by atoms with Crippen LogP contribution in [0.2, 0.25) is 0 Å². The van der Waals surface area contributed by atoms with E-state index in [-0.39, 0.29) is 5.91 Å². The van der Waals surface area contributed by atoms with Gasteiger partial charge in [0.1, 0.15) is 0 Å². The molecule has 2 aromatic rings. The molecule has 4 N–H and O–H groups in total. The van der Waals surface area contributed by atoms with Gasteiger partial charge in [-0.3, -0.25) is 9.78 Å². The highest BCUT2D eigenvalue weighted by atomic mass is 16.2. The molecule has 0 saturated carbocycles. The highest BCUT2D eigenvalue weighted by Crippen LogP contribution is 2.13. The normalized spacial score (nSPS) is 10.9. The first-order valence-corrected chi connectivity index (χ1v) is 5.76. The van der Waals surface area contributed by atoms with Crippen LogP contribution in [0, 0.1) is 0 Å². The third kappa shape index (κ3) is 2.89. The number of pyridine rings is 1. The van der Waals surface area contributed by atoms with Crippen LogP contribution >= 0.6 is 0 Å². The van der Waals surface area contributed by atoms with Crippen molar-refractivity contribution in [2.24, 2.45) is 5.10 Å². The fraction of sp³-hybridized carbons (Fsp3) is 0.154. The predicted octanol–water partition coefficient (Wildman–Crippen LogP) is 0.317. The summed E-state index contributed by atoms with van der Waals surface area (Å²) in [5.41, 5.74) is 7.82. The Morgan fingerprint density at radius 2 is 2.22 bits per heavy atom. The standard InChI is InChI=1S/C13H14N4O/c14-7-6-12(18)17-16-9-11-4-1-3-10-5-2-8-15-13(10)11/h1-5,8-9H,6-7,14H2,(H,17,18)/p+1/b16-9-. The Hall–Kier alpha value is -2.27. The van der Waals surface area contributed by atoms with Crippen molar-refractivity contribution in [1.82, 2.24) is 10.4 Å². The van der Waals surface area contributed by atoms with Crippen molar-refractivity contribution in [3.8, 4) is 0 Å². The van der Waals surface area contributed by atoms with Gasteiger partial charge in [-0.15, -0.1) is 0 Å². The first-order chi connectivity index (χ1) is 8.81. The van der Waals surface area contributed by atoms with E-state index >= 15 is 0 Å². The van der Waals surface area contributed by atoms with Gasteiger partial charge in [0, 0.05) is 17.1 Å². The Labute approximate surface area is 105 Å². The Morgan fingerprint density at radius 1 is 1.39 bits per heavy atom. The SMILES string of the molecule is [NH3+]CCC(=O)N/N=C\c1cccc2cccnc12. The Kier molecular flexibility index (Phi) is 3.98. The molecular formula is C13H15N4O+. The molecular weight excluding hydrogens is 228 g/mol. The van der Waals surface area contributed by atoms with Crippen molar-refractivity contribution in [3.05, 3.63) is 42.1 Å². The Bertz CT molecular complexity index is 575. The number of amides is 1. The summed E-state index contributed by atoms with van der Waals surface area (Å²) < 4.78 is 0. The lowest BCUT2D eigenvalue weighted by Gasteiger charge is -2.00. The van der Waals surface area contributed by atoms with Crippen molar-refractivity contribution >= 4 is 23.0 Å². The molecule has 0 aliphatic rings. The molecule has 2 rings (SSSR count). The van der Waals surface area contributed by atoms with Gasteiger partial charge in [-0.05, 0) is 6.07 Å². The second-order valence-corrected chi connectivity index (χ2v) is 3.82. The summed E-state index contributed by atoms with van der Waals surface area (Å²) in [6.07, 6.45) is 3.72. The van der Waals surface area contributed by atoms with E-state index < -0.39 is 0 Å². The smallest absolute Gasteiger partial charge is 0.245 e. The van der Waals surface area contributed by atoms with E-state index in [1.807, 2.05) is 30.3 Å². The van der Waals surface area contributed by atoms with Crippen molar-refractivity contribution < 1.29 is 10.5 Å². The van der Waals surface area contributed by atoms with Gasteiger partial charge < -0.3 is 5.73 Å². The molecule has 0 bridgehead atoms.